The number of carbonyl (C=O) groups is 1. The summed E-state index contributed by atoms with van der Waals surface area (Å²) in [7, 11) is 3.23. The van der Waals surface area contributed by atoms with Crippen molar-refractivity contribution >= 4 is 12.0 Å². The highest BCUT2D eigenvalue weighted by molar-refractivity contribution is 5.92. The lowest BCUT2D eigenvalue weighted by atomic mass is 9.86. The highest BCUT2D eigenvalue weighted by Crippen LogP contribution is 2.30. The molecule has 1 N–H and O–H groups in total. The summed E-state index contributed by atoms with van der Waals surface area (Å²) >= 11 is 0. The highest BCUT2D eigenvalue weighted by Gasteiger charge is 2.38. The third-order valence-corrected chi connectivity index (χ3v) is 5.90. The second kappa shape index (κ2) is 9.94. The molecule has 2 aliphatic heterocycles. The van der Waals surface area contributed by atoms with Gasteiger partial charge in [-0.3, -0.25) is 9.69 Å². The molecule has 154 valence electrons. The van der Waals surface area contributed by atoms with E-state index in [-0.39, 0.29) is 11.4 Å². The van der Waals surface area contributed by atoms with Gasteiger partial charge in [0, 0.05) is 43.0 Å². The van der Waals surface area contributed by atoms with E-state index in [0.717, 1.165) is 50.5 Å². The Morgan fingerprint density at radius 1 is 1.18 bits per heavy atom. The molecule has 1 aromatic carbocycles. The molecule has 3 rings (SSSR count). The summed E-state index contributed by atoms with van der Waals surface area (Å²) in [5.41, 5.74) is 0.871. The molecule has 2 heterocycles. The van der Waals surface area contributed by atoms with Gasteiger partial charge in [-0.05, 0) is 57.0 Å². The lowest BCUT2D eigenvalue weighted by Gasteiger charge is -2.48. The van der Waals surface area contributed by atoms with Crippen molar-refractivity contribution in [2.75, 3.05) is 47.1 Å². The first-order valence-electron chi connectivity index (χ1n) is 10.2. The quantitative estimate of drug-likeness (QED) is 0.728. The summed E-state index contributed by atoms with van der Waals surface area (Å²) < 4.78 is 16.2. The Kier molecular flexibility index (Phi) is 7.34. The number of piperidine rings is 1. The zero-order chi connectivity index (χ0) is 19.8. The van der Waals surface area contributed by atoms with Gasteiger partial charge in [-0.1, -0.05) is 6.42 Å². The van der Waals surface area contributed by atoms with E-state index in [1.54, 1.807) is 26.4 Å². The van der Waals surface area contributed by atoms with Crippen LogP contribution in [0.25, 0.3) is 6.08 Å². The number of nitrogens with one attached hydrogen (secondary N) is 1. The average Bonchev–Trinajstić information content (AvgIpc) is 2.77. The molecule has 0 unspecified atom stereocenters. The van der Waals surface area contributed by atoms with Crippen LogP contribution in [0.15, 0.2) is 24.3 Å². The van der Waals surface area contributed by atoms with Crippen molar-refractivity contribution in [1.82, 2.24) is 10.2 Å². The third kappa shape index (κ3) is 5.06. The molecule has 6 nitrogen and oxygen atoms in total. The fraction of sp³-hybridized carbons (Fsp3) is 0.591. The molecule has 0 radical (unpaired) electrons. The summed E-state index contributed by atoms with van der Waals surface area (Å²) in [5, 5.41) is 3.13. The lowest BCUT2D eigenvalue weighted by molar-refractivity contribution is -0.118. The van der Waals surface area contributed by atoms with Gasteiger partial charge >= 0.3 is 0 Å². The maximum Gasteiger partial charge on any atom is 0.244 e. The number of methoxy groups -OCH3 is 2. The van der Waals surface area contributed by atoms with Crippen molar-refractivity contribution < 1.29 is 19.0 Å². The molecule has 0 aliphatic carbocycles. The Morgan fingerprint density at radius 3 is 2.61 bits per heavy atom. The SMILES string of the molecule is COc1ccc(/C=C/C(=O)NCC2(N3CCCCC3)CCOCC2)c(OC)c1. The molecule has 28 heavy (non-hydrogen) atoms. The van der Waals surface area contributed by atoms with Crippen molar-refractivity contribution in [1.29, 1.82) is 0 Å². The molecular weight excluding hydrogens is 356 g/mol. The van der Waals surface area contributed by atoms with Gasteiger partial charge in [0.25, 0.3) is 0 Å². The van der Waals surface area contributed by atoms with Gasteiger partial charge in [-0.2, -0.15) is 0 Å². The summed E-state index contributed by atoms with van der Waals surface area (Å²) in [6, 6.07) is 5.55. The first-order chi connectivity index (χ1) is 13.7. The second-order valence-electron chi connectivity index (χ2n) is 7.54. The maximum atomic E-state index is 12.5. The molecule has 2 saturated heterocycles. The second-order valence-corrected chi connectivity index (χ2v) is 7.54. The number of hydrogen-bond acceptors (Lipinski definition) is 5. The average molecular weight is 389 g/mol. The van der Waals surface area contributed by atoms with Crippen LogP contribution in [-0.4, -0.2) is 63.4 Å². The predicted octanol–water partition coefficient (Wildman–Crippen LogP) is 2.87. The normalized spacial score (nSPS) is 20.1. The van der Waals surface area contributed by atoms with Gasteiger partial charge in [-0.25, -0.2) is 0 Å². The van der Waals surface area contributed by atoms with Crippen LogP contribution in [0.2, 0.25) is 0 Å². The number of hydrogen-bond donors (Lipinski definition) is 1. The Labute approximate surface area is 167 Å². The third-order valence-electron chi connectivity index (χ3n) is 5.90. The van der Waals surface area contributed by atoms with E-state index in [2.05, 4.69) is 10.2 Å². The maximum absolute atomic E-state index is 12.5. The molecule has 6 heteroatoms. The first kappa shape index (κ1) is 20.7. The minimum Gasteiger partial charge on any atom is -0.497 e. The molecule has 0 atom stereocenters. The van der Waals surface area contributed by atoms with E-state index < -0.39 is 0 Å². The van der Waals surface area contributed by atoms with Gasteiger partial charge < -0.3 is 19.5 Å². The Bertz CT molecular complexity index is 677. The largest absolute Gasteiger partial charge is 0.497 e. The zero-order valence-electron chi connectivity index (χ0n) is 17.0. The molecule has 0 spiro atoms. The number of rotatable bonds is 7. The minimum atomic E-state index is -0.0826. The molecule has 0 saturated carbocycles. The Morgan fingerprint density at radius 2 is 1.93 bits per heavy atom. The van der Waals surface area contributed by atoms with Gasteiger partial charge in [0.15, 0.2) is 0 Å². The Hall–Kier alpha value is -2.05. The van der Waals surface area contributed by atoms with Crippen LogP contribution in [0.1, 0.15) is 37.7 Å². The molecule has 2 aliphatic rings. The number of ether oxygens (including phenoxy) is 3. The molecule has 0 bridgehead atoms. The van der Waals surface area contributed by atoms with Crippen molar-refractivity contribution in [3.05, 3.63) is 29.8 Å². The fourth-order valence-corrected chi connectivity index (χ4v) is 4.16. The van der Waals surface area contributed by atoms with Crippen molar-refractivity contribution in [2.24, 2.45) is 0 Å². The van der Waals surface area contributed by atoms with Crippen molar-refractivity contribution in [3.63, 3.8) is 0 Å². The fourth-order valence-electron chi connectivity index (χ4n) is 4.16. The van der Waals surface area contributed by atoms with Crippen molar-refractivity contribution in [3.8, 4) is 11.5 Å². The number of carbonyl (C=O) groups excluding carboxylic acids is 1. The smallest absolute Gasteiger partial charge is 0.244 e. The van der Waals surface area contributed by atoms with Crippen LogP contribution in [0.5, 0.6) is 11.5 Å². The first-order valence-corrected chi connectivity index (χ1v) is 10.2. The van der Waals surface area contributed by atoms with Crippen LogP contribution in [0.4, 0.5) is 0 Å². The van der Waals surface area contributed by atoms with Crippen LogP contribution in [0, 0.1) is 0 Å². The molecule has 2 fully saturated rings. The molecule has 1 aromatic rings. The van der Waals surface area contributed by atoms with E-state index in [4.69, 9.17) is 14.2 Å². The van der Waals surface area contributed by atoms with Gasteiger partial charge in [-0.15, -0.1) is 0 Å². The lowest BCUT2D eigenvalue weighted by Crippen LogP contribution is -2.59. The van der Waals surface area contributed by atoms with Crippen LogP contribution < -0.4 is 14.8 Å². The minimum absolute atomic E-state index is 0.0278. The zero-order valence-corrected chi connectivity index (χ0v) is 17.0. The van der Waals surface area contributed by atoms with E-state index in [9.17, 15) is 4.79 Å². The molecule has 0 aromatic heterocycles. The predicted molar refractivity (Wildman–Crippen MR) is 110 cm³/mol. The van der Waals surface area contributed by atoms with Gasteiger partial charge in [0.1, 0.15) is 11.5 Å². The molecule has 1 amide bonds. The van der Waals surface area contributed by atoms with Crippen LogP contribution in [0.3, 0.4) is 0 Å². The standard InChI is InChI=1S/C22H32N2O4/c1-26-19-8-6-18(20(16-19)27-2)7-9-21(25)23-17-22(10-14-28-15-11-22)24-12-4-3-5-13-24/h6-9,16H,3-5,10-15,17H2,1-2H3,(H,23,25)/b9-7+. The number of benzene rings is 1. The van der Waals surface area contributed by atoms with Crippen LogP contribution >= 0.6 is 0 Å². The van der Waals surface area contributed by atoms with E-state index in [1.807, 2.05) is 18.2 Å². The number of likely N-dealkylation sites (tertiary alicyclic amines) is 1. The van der Waals surface area contributed by atoms with E-state index in [0.29, 0.717) is 12.3 Å². The summed E-state index contributed by atoms with van der Waals surface area (Å²) in [6.45, 7) is 4.44. The monoisotopic (exact) mass is 388 g/mol. The van der Waals surface area contributed by atoms with Gasteiger partial charge in [0.05, 0.1) is 14.2 Å². The van der Waals surface area contributed by atoms with E-state index >= 15 is 0 Å². The topological polar surface area (TPSA) is 60.0 Å². The van der Waals surface area contributed by atoms with Crippen molar-refractivity contribution in [2.45, 2.75) is 37.6 Å². The number of amides is 1. The summed E-state index contributed by atoms with van der Waals surface area (Å²) in [5.74, 6) is 1.32. The summed E-state index contributed by atoms with van der Waals surface area (Å²) in [6.07, 6.45) is 9.11. The van der Waals surface area contributed by atoms with Crippen LogP contribution in [-0.2, 0) is 9.53 Å². The molecular formula is C22H32N2O4. The summed E-state index contributed by atoms with van der Waals surface area (Å²) in [4.78, 5) is 15.1. The number of nitrogens with zero attached hydrogens (tertiary/aromatic N) is 1. The van der Waals surface area contributed by atoms with E-state index in [1.165, 1.54) is 19.3 Å². The Balaban J connectivity index is 1.62. The highest BCUT2D eigenvalue weighted by atomic mass is 16.5. The van der Waals surface area contributed by atoms with Gasteiger partial charge in [0.2, 0.25) is 5.91 Å².